The van der Waals surface area contributed by atoms with Crippen molar-refractivity contribution in [2.24, 2.45) is 0 Å². The number of halogens is 2. The van der Waals surface area contributed by atoms with E-state index in [0.717, 1.165) is 10.2 Å². The molecule has 21 heavy (non-hydrogen) atoms. The van der Waals surface area contributed by atoms with Crippen molar-refractivity contribution in [2.45, 2.75) is 13.0 Å². The van der Waals surface area contributed by atoms with Gasteiger partial charge in [0.2, 0.25) is 0 Å². The Hall–Kier alpha value is -1.59. The highest BCUT2D eigenvalue weighted by Gasteiger charge is 2.08. The molecular formula is C16H16BrFO3. The Morgan fingerprint density at radius 1 is 1.05 bits per heavy atom. The van der Waals surface area contributed by atoms with Crippen molar-refractivity contribution in [3.05, 3.63) is 58.3 Å². The highest BCUT2D eigenvalue weighted by Crippen LogP contribution is 2.21. The van der Waals surface area contributed by atoms with Crippen LogP contribution in [0.1, 0.15) is 18.6 Å². The summed E-state index contributed by atoms with van der Waals surface area (Å²) in [5.74, 6) is 0.685. The van der Waals surface area contributed by atoms with Gasteiger partial charge in [0.15, 0.2) is 0 Å². The molecule has 0 aromatic heterocycles. The van der Waals surface area contributed by atoms with Gasteiger partial charge in [-0.05, 0) is 43.3 Å². The Kier molecular flexibility index (Phi) is 5.59. The van der Waals surface area contributed by atoms with E-state index in [1.165, 1.54) is 19.1 Å². The maximum Gasteiger partial charge on any atom is 0.132 e. The third-order valence-electron chi connectivity index (χ3n) is 2.86. The Bertz CT molecular complexity index is 585. The highest BCUT2D eigenvalue weighted by atomic mass is 79.9. The van der Waals surface area contributed by atoms with Gasteiger partial charge in [0.1, 0.15) is 30.5 Å². The molecule has 0 saturated heterocycles. The zero-order valence-electron chi connectivity index (χ0n) is 11.6. The van der Waals surface area contributed by atoms with Gasteiger partial charge in [0, 0.05) is 16.1 Å². The Morgan fingerprint density at radius 3 is 2.19 bits per heavy atom. The number of hydrogen-bond donors (Lipinski definition) is 1. The lowest BCUT2D eigenvalue weighted by Crippen LogP contribution is -2.09. The van der Waals surface area contributed by atoms with E-state index in [-0.39, 0.29) is 5.56 Å². The summed E-state index contributed by atoms with van der Waals surface area (Å²) in [5, 5.41) is 9.35. The van der Waals surface area contributed by atoms with Crippen molar-refractivity contribution in [3.8, 4) is 11.5 Å². The smallest absolute Gasteiger partial charge is 0.132 e. The van der Waals surface area contributed by atoms with Crippen LogP contribution in [0.3, 0.4) is 0 Å². The fraction of sp³-hybridized carbons (Fsp3) is 0.250. The van der Waals surface area contributed by atoms with E-state index in [1.807, 2.05) is 24.3 Å². The van der Waals surface area contributed by atoms with Crippen LogP contribution in [0.2, 0.25) is 0 Å². The van der Waals surface area contributed by atoms with Crippen LogP contribution in [-0.4, -0.2) is 18.3 Å². The topological polar surface area (TPSA) is 38.7 Å². The quantitative estimate of drug-likeness (QED) is 0.793. The van der Waals surface area contributed by atoms with Crippen molar-refractivity contribution < 1.29 is 19.0 Å². The highest BCUT2D eigenvalue weighted by molar-refractivity contribution is 9.10. The average Bonchev–Trinajstić information content (AvgIpc) is 2.45. The summed E-state index contributed by atoms with van der Waals surface area (Å²) in [6.07, 6.45) is -0.834. The molecule has 3 nitrogen and oxygen atoms in total. The maximum atomic E-state index is 13.6. The molecule has 1 atom stereocenters. The van der Waals surface area contributed by atoms with Gasteiger partial charge in [0.05, 0.1) is 6.10 Å². The van der Waals surface area contributed by atoms with Crippen molar-refractivity contribution in [1.29, 1.82) is 0 Å². The lowest BCUT2D eigenvalue weighted by molar-refractivity contribution is 0.193. The summed E-state index contributed by atoms with van der Waals surface area (Å²) in [5.41, 5.74) is 0.258. The monoisotopic (exact) mass is 354 g/mol. The predicted molar refractivity (Wildman–Crippen MR) is 82.2 cm³/mol. The molecule has 0 amide bonds. The number of rotatable bonds is 6. The molecule has 1 N–H and O–H groups in total. The summed E-state index contributed by atoms with van der Waals surface area (Å²) >= 11 is 3.35. The largest absolute Gasteiger partial charge is 0.490 e. The zero-order valence-corrected chi connectivity index (χ0v) is 13.1. The standard InChI is InChI=1S/C16H16BrFO3/c1-11(19)15-7-6-14(10-16(15)18)21-9-8-20-13-4-2-12(17)3-5-13/h2-7,10-11,19H,8-9H2,1H3/t11-/m0/s1. The Labute approximate surface area is 131 Å². The SMILES string of the molecule is C[C@H](O)c1ccc(OCCOc2ccc(Br)cc2)cc1F. The lowest BCUT2D eigenvalue weighted by atomic mass is 10.1. The lowest BCUT2D eigenvalue weighted by Gasteiger charge is -2.11. The first-order valence-electron chi connectivity index (χ1n) is 6.55. The van der Waals surface area contributed by atoms with Crippen LogP contribution in [0, 0.1) is 5.82 Å². The second-order valence-electron chi connectivity index (χ2n) is 4.51. The normalized spacial score (nSPS) is 12.0. The molecular weight excluding hydrogens is 339 g/mol. The van der Waals surface area contributed by atoms with Gasteiger partial charge in [-0.15, -0.1) is 0 Å². The summed E-state index contributed by atoms with van der Waals surface area (Å²) in [6, 6.07) is 11.9. The second kappa shape index (κ2) is 7.43. The van der Waals surface area contributed by atoms with Crippen LogP contribution in [0.5, 0.6) is 11.5 Å². The third-order valence-corrected chi connectivity index (χ3v) is 3.39. The van der Waals surface area contributed by atoms with Crippen LogP contribution in [0.4, 0.5) is 4.39 Å². The van der Waals surface area contributed by atoms with E-state index in [4.69, 9.17) is 9.47 Å². The molecule has 2 aromatic rings. The molecule has 0 heterocycles. The second-order valence-corrected chi connectivity index (χ2v) is 5.43. The summed E-state index contributed by atoms with van der Waals surface area (Å²) in [7, 11) is 0. The van der Waals surface area contributed by atoms with Gasteiger partial charge < -0.3 is 14.6 Å². The molecule has 0 radical (unpaired) electrons. The average molecular weight is 355 g/mol. The first-order valence-corrected chi connectivity index (χ1v) is 7.34. The van der Waals surface area contributed by atoms with E-state index in [1.54, 1.807) is 6.07 Å². The van der Waals surface area contributed by atoms with E-state index in [0.29, 0.717) is 19.0 Å². The van der Waals surface area contributed by atoms with Crippen LogP contribution in [0.25, 0.3) is 0 Å². The Balaban J connectivity index is 1.81. The van der Waals surface area contributed by atoms with Crippen molar-refractivity contribution >= 4 is 15.9 Å². The fourth-order valence-electron chi connectivity index (χ4n) is 1.79. The third kappa shape index (κ3) is 4.72. The minimum absolute atomic E-state index is 0.258. The molecule has 5 heteroatoms. The summed E-state index contributed by atoms with van der Waals surface area (Å²) in [4.78, 5) is 0. The number of benzene rings is 2. The molecule has 0 fully saturated rings. The van der Waals surface area contributed by atoms with E-state index in [2.05, 4.69) is 15.9 Å². The first-order chi connectivity index (χ1) is 10.1. The molecule has 2 rings (SSSR count). The van der Waals surface area contributed by atoms with Gasteiger partial charge in [-0.3, -0.25) is 0 Å². The van der Waals surface area contributed by atoms with Gasteiger partial charge in [-0.25, -0.2) is 4.39 Å². The molecule has 112 valence electrons. The van der Waals surface area contributed by atoms with Crippen molar-refractivity contribution in [1.82, 2.24) is 0 Å². The zero-order chi connectivity index (χ0) is 15.2. The van der Waals surface area contributed by atoms with Crippen LogP contribution >= 0.6 is 15.9 Å². The number of aliphatic hydroxyl groups is 1. The molecule has 0 unspecified atom stereocenters. The van der Waals surface area contributed by atoms with Crippen molar-refractivity contribution in [2.75, 3.05) is 13.2 Å². The summed E-state index contributed by atoms with van der Waals surface area (Å²) < 4.78 is 25.5. The number of aliphatic hydroxyl groups excluding tert-OH is 1. The number of hydrogen-bond acceptors (Lipinski definition) is 3. The van der Waals surface area contributed by atoms with Gasteiger partial charge >= 0.3 is 0 Å². The molecule has 0 aliphatic heterocycles. The molecule has 0 aliphatic rings. The minimum Gasteiger partial charge on any atom is -0.490 e. The van der Waals surface area contributed by atoms with Gasteiger partial charge in [0.25, 0.3) is 0 Å². The molecule has 0 aliphatic carbocycles. The van der Waals surface area contributed by atoms with Crippen molar-refractivity contribution in [3.63, 3.8) is 0 Å². The first kappa shape index (κ1) is 15.8. The van der Waals surface area contributed by atoms with Gasteiger partial charge in [-0.1, -0.05) is 15.9 Å². The molecule has 2 aromatic carbocycles. The number of ether oxygens (including phenoxy) is 2. The molecule has 0 spiro atoms. The Morgan fingerprint density at radius 2 is 1.62 bits per heavy atom. The molecule has 0 saturated carbocycles. The van der Waals surface area contributed by atoms with Crippen LogP contribution in [0.15, 0.2) is 46.9 Å². The minimum atomic E-state index is -0.834. The van der Waals surface area contributed by atoms with E-state index in [9.17, 15) is 9.50 Å². The summed E-state index contributed by atoms with van der Waals surface area (Å²) in [6.45, 7) is 2.19. The maximum absolute atomic E-state index is 13.6. The molecule has 0 bridgehead atoms. The van der Waals surface area contributed by atoms with E-state index < -0.39 is 11.9 Å². The fourth-order valence-corrected chi connectivity index (χ4v) is 2.05. The van der Waals surface area contributed by atoms with Crippen LogP contribution < -0.4 is 9.47 Å². The van der Waals surface area contributed by atoms with Crippen LogP contribution in [-0.2, 0) is 0 Å². The van der Waals surface area contributed by atoms with E-state index >= 15 is 0 Å². The predicted octanol–water partition coefficient (Wildman–Crippen LogP) is 4.10. The van der Waals surface area contributed by atoms with Gasteiger partial charge in [-0.2, -0.15) is 0 Å².